The van der Waals surface area contributed by atoms with Crippen LogP contribution < -0.4 is 10.6 Å². The van der Waals surface area contributed by atoms with Gasteiger partial charge in [0, 0.05) is 45.8 Å². The smallest absolute Gasteiger partial charge is 0.191 e. The first kappa shape index (κ1) is 24.6. The maximum Gasteiger partial charge on any atom is 0.191 e. The molecule has 2 aromatic rings. The number of aryl methyl sites for hydroxylation is 2. The molecule has 30 heavy (non-hydrogen) atoms. The van der Waals surface area contributed by atoms with E-state index in [-0.39, 0.29) is 24.0 Å². The van der Waals surface area contributed by atoms with Crippen molar-refractivity contribution in [1.29, 1.82) is 0 Å². The van der Waals surface area contributed by atoms with Crippen molar-refractivity contribution in [3.8, 4) is 0 Å². The summed E-state index contributed by atoms with van der Waals surface area (Å²) in [6.07, 6.45) is 6.66. The number of nitrogens with one attached hydrogen (secondary N) is 2. The molecule has 0 radical (unpaired) electrons. The summed E-state index contributed by atoms with van der Waals surface area (Å²) >= 11 is 0. The molecule has 2 heterocycles. The molecule has 0 aliphatic carbocycles. The summed E-state index contributed by atoms with van der Waals surface area (Å²) < 4.78 is 25.8. The molecule has 1 aromatic heterocycles. The third kappa shape index (κ3) is 6.40. The van der Waals surface area contributed by atoms with E-state index in [2.05, 4.69) is 30.4 Å². The fraction of sp³-hybridized carbons (Fsp3) is 0.550. The quantitative estimate of drug-likeness (QED) is 0.328. The molecule has 3 rings (SSSR count). The minimum Gasteiger partial charge on any atom is -0.356 e. The Hall–Kier alpha value is -1.69. The van der Waals surface area contributed by atoms with Crippen molar-refractivity contribution in [3.63, 3.8) is 0 Å². The van der Waals surface area contributed by atoms with E-state index in [0.29, 0.717) is 23.9 Å². The Morgan fingerprint density at radius 3 is 2.70 bits per heavy atom. The Morgan fingerprint density at radius 1 is 1.20 bits per heavy atom. The predicted molar refractivity (Wildman–Crippen MR) is 129 cm³/mol. The van der Waals surface area contributed by atoms with Gasteiger partial charge in [-0.05, 0) is 37.0 Å². The van der Waals surface area contributed by atoms with Crippen molar-refractivity contribution >= 4 is 39.8 Å². The van der Waals surface area contributed by atoms with Gasteiger partial charge in [-0.15, -0.1) is 34.2 Å². The topological polar surface area (TPSA) is 101 Å². The molecular weight excluding hydrogens is 515 g/mol. The van der Waals surface area contributed by atoms with E-state index in [1.165, 1.54) is 25.5 Å². The van der Waals surface area contributed by atoms with Crippen LogP contribution in [-0.4, -0.2) is 49.0 Å². The van der Waals surface area contributed by atoms with Crippen LogP contribution in [0.3, 0.4) is 0 Å². The van der Waals surface area contributed by atoms with Gasteiger partial charge >= 0.3 is 0 Å². The Labute approximate surface area is 195 Å². The molecule has 8 nitrogen and oxygen atoms in total. The van der Waals surface area contributed by atoms with E-state index >= 15 is 0 Å². The zero-order valence-electron chi connectivity index (χ0n) is 17.8. The van der Waals surface area contributed by atoms with Crippen molar-refractivity contribution in [2.75, 3.05) is 19.8 Å². The van der Waals surface area contributed by atoms with Crippen LogP contribution in [0.15, 0.2) is 28.1 Å². The van der Waals surface area contributed by atoms with E-state index in [4.69, 9.17) is 0 Å². The zero-order valence-corrected chi connectivity index (χ0v) is 21.0. The van der Waals surface area contributed by atoms with Crippen LogP contribution in [0.25, 0.3) is 0 Å². The first-order valence-corrected chi connectivity index (χ1v) is 11.9. The van der Waals surface area contributed by atoms with Crippen LogP contribution in [-0.2, 0) is 35.8 Å². The molecular formula is C20H31IN6O2S. The van der Waals surface area contributed by atoms with E-state index in [1.807, 2.05) is 19.1 Å². The Bertz CT molecular complexity index is 987. The first-order chi connectivity index (χ1) is 13.9. The van der Waals surface area contributed by atoms with Crippen LogP contribution in [0.4, 0.5) is 0 Å². The van der Waals surface area contributed by atoms with E-state index in [0.717, 1.165) is 42.2 Å². The summed E-state index contributed by atoms with van der Waals surface area (Å²) in [5, 5.41) is 15.3. The predicted octanol–water partition coefficient (Wildman–Crippen LogP) is 2.24. The number of benzene rings is 1. The highest BCUT2D eigenvalue weighted by Gasteiger charge is 2.14. The maximum atomic E-state index is 11.7. The second-order valence-corrected chi connectivity index (χ2v) is 9.45. The average molecular weight is 546 g/mol. The molecule has 0 fully saturated rings. The second-order valence-electron chi connectivity index (χ2n) is 7.47. The van der Waals surface area contributed by atoms with E-state index < -0.39 is 9.84 Å². The lowest BCUT2D eigenvalue weighted by Gasteiger charge is -2.13. The maximum absolute atomic E-state index is 11.7. The Morgan fingerprint density at radius 2 is 2.00 bits per heavy atom. The van der Waals surface area contributed by atoms with Crippen LogP contribution >= 0.6 is 24.0 Å². The number of halogens is 1. The molecule has 0 amide bonds. The van der Waals surface area contributed by atoms with Gasteiger partial charge in [-0.3, -0.25) is 4.99 Å². The van der Waals surface area contributed by atoms with E-state index in [9.17, 15) is 8.42 Å². The van der Waals surface area contributed by atoms with Gasteiger partial charge in [-0.25, -0.2) is 8.42 Å². The molecule has 0 saturated heterocycles. The van der Waals surface area contributed by atoms with Crippen LogP contribution in [0.1, 0.15) is 42.0 Å². The zero-order chi connectivity index (χ0) is 20.9. The van der Waals surface area contributed by atoms with Crippen LogP contribution in [0.5, 0.6) is 0 Å². The highest BCUT2D eigenvalue weighted by Crippen LogP contribution is 2.17. The monoisotopic (exact) mass is 546 g/mol. The van der Waals surface area contributed by atoms with Gasteiger partial charge in [0.25, 0.3) is 0 Å². The van der Waals surface area contributed by atoms with Crippen LogP contribution in [0, 0.1) is 6.92 Å². The highest BCUT2D eigenvalue weighted by molar-refractivity contribution is 14.0. The number of fused-ring (bicyclic) bond motifs is 1. The SMILES string of the molecule is CN=C(NCCc1nnc2n1CCCCC2)NCc1ccc(S(C)(=O)=O)c(C)c1.I. The van der Waals surface area contributed by atoms with Crippen molar-refractivity contribution in [3.05, 3.63) is 41.0 Å². The number of rotatable bonds is 6. The second kappa shape index (κ2) is 11.1. The van der Waals surface area contributed by atoms with Gasteiger partial charge in [0.15, 0.2) is 15.8 Å². The molecule has 10 heteroatoms. The standard InChI is InChI=1S/C20H30N6O2S.HI/c1-15-13-16(8-9-17(15)29(3,27)28)14-23-20(21-2)22-11-10-19-25-24-18-7-5-4-6-12-26(18)19;/h8-9,13H,4-7,10-12,14H2,1-3H3,(H2,21,22,23);1H. The number of sulfone groups is 1. The molecule has 1 aliphatic heterocycles. The first-order valence-electron chi connectivity index (χ1n) is 10.0. The minimum absolute atomic E-state index is 0. The summed E-state index contributed by atoms with van der Waals surface area (Å²) in [5.41, 5.74) is 1.75. The van der Waals surface area contributed by atoms with Crippen molar-refractivity contribution < 1.29 is 8.42 Å². The molecule has 1 aliphatic rings. The Kier molecular flexibility index (Phi) is 9.08. The third-order valence-corrected chi connectivity index (χ3v) is 6.41. The largest absolute Gasteiger partial charge is 0.356 e. The van der Waals surface area contributed by atoms with Gasteiger partial charge in [0.2, 0.25) is 0 Å². The summed E-state index contributed by atoms with van der Waals surface area (Å²) in [7, 11) is -1.47. The lowest BCUT2D eigenvalue weighted by Crippen LogP contribution is -2.38. The number of nitrogens with zero attached hydrogens (tertiary/aromatic N) is 4. The van der Waals surface area contributed by atoms with Crippen molar-refractivity contribution in [2.24, 2.45) is 4.99 Å². The molecule has 0 unspecified atom stereocenters. The minimum atomic E-state index is -3.20. The molecule has 0 atom stereocenters. The molecule has 0 spiro atoms. The van der Waals surface area contributed by atoms with Crippen LogP contribution in [0.2, 0.25) is 0 Å². The van der Waals surface area contributed by atoms with Crippen molar-refractivity contribution in [2.45, 2.75) is 57.0 Å². The molecule has 1 aromatic carbocycles. The molecule has 0 bridgehead atoms. The van der Waals surface area contributed by atoms with Gasteiger partial charge in [0.05, 0.1) is 4.90 Å². The number of aliphatic imine (C=N–C) groups is 1. The third-order valence-electron chi connectivity index (χ3n) is 5.15. The van der Waals surface area contributed by atoms with Gasteiger partial charge < -0.3 is 15.2 Å². The lowest BCUT2D eigenvalue weighted by molar-refractivity contribution is 0.600. The van der Waals surface area contributed by atoms with Gasteiger partial charge in [-0.2, -0.15) is 0 Å². The molecule has 2 N–H and O–H groups in total. The summed E-state index contributed by atoms with van der Waals surface area (Å²) in [6, 6.07) is 5.38. The number of aromatic nitrogens is 3. The summed E-state index contributed by atoms with van der Waals surface area (Å²) in [5.74, 6) is 2.83. The Balaban J connectivity index is 0.00000320. The number of hydrogen-bond acceptors (Lipinski definition) is 5. The summed E-state index contributed by atoms with van der Waals surface area (Å²) in [4.78, 5) is 4.63. The summed E-state index contributed by atoms with van der Waals surface area (Å²) in [6.45, 7) is 4.09. The van der Waals surface area contributed by atoms with Gasteiger partial charge in [-0.1, -0.05) is 18.6 Å². The van der Waals surface area contributed by atoms with E-state index in [1.54, 1.807) is 13.1 Å². The van der Waals surface area contributed by atoms with Crippen molar-refractivity contribution in [1.82, 2.24) is 25.4 Å². The molecule has 166 valence electrons. The normalized spacial score (nSPS) is 14.4. The van der Waals surface area contributed by atoms with Gasteiger partial charge in [0.1, 0.15) is 11.6 Å². The number of guanidine groups is 1. The fourth-order valence-corrected chi connectivity index (χ4v) is 4.63. The fourth-order valence-electron chi connectivity index (χ4n) is 3.67. The highest BCUT2D eigenvalue weighted by atomic mass is 127. The lowest BCUT2D eigenvalue weighted by atomic mass is 10.1. The molecule has 0 saturated carbocycles. The average Bonchev–Trinajstić information content (AvgIpc) is 2.90. The number of hydrogen-bond donors (Lipinski definition) is 2.